The molecule has 0 radical (unpaired) electrons. The fourth-order valence-corrected chi connectivity index (χ4v) is 4.48. The number of rotatable bonds is 2. The van der Waals surface area contributed by atoms with Crippen LogP contribution < -0.4 is 0 Å². The van der Waals surface area contributed by atoms with Gasteiger partial charge in [0, 0.05) is 12.7 Å². The first kappa shape index (κ1) is 11.9. The summed E-state index contributed by atoms with van der Waals surface area (Å²) in [5, 5.41) is 0. The van der Waals surface area contributed by atoms with Crippen LogP contribution in [0.5, 0.6) is 0 Å². The standard InChI is InChI=1S/C16H20O3/c1-11-4-3-5-14(8-11)16(17-2)15(18-19-16)10-12-6-7-13(15)9-12/h3-5,8,12-13H,6-7,9-10H2,1-2H3. The SMILES string of the molecule is COC1(c2cccc(C)c2)OOC12CC1CCC2C1. The van der Waals surface area contributed by atoms with Gasteiger partial charge >= 0.3 is 0 Å². The van der Waals surface area contributed by atoms with E-state index in [1.807, 2.05) is 0 Å². The summed E-state index contributed by atoms with van der Waals surface area (Å²) in [6.45, 7) is 2.10. The van der Waals surface area contributed by atoms with Gasteiger partial charge in [0.15, 0.2) is 5.60 Å². The normalized spacial score (nSPS) is 43.7. The Balaban J connectivity index is 1.79. The minimum atomic E-state index is -0.696. The first-order valence-electron chi connectivity index (χ1n) is 7.19. The third-order valence-electron chi connectivity index (χ3n) is 5.34. The summed E-state index contributed by atoms with van der Waals surface area (Å²) in [7, 11) is 1.73. The van der Waals surface area contributed by atoms with Gasteiger partial charge in [-0.3, -0.25) is 0 Å². The van der Waals surface area contributed by atoms with Gasteiger partial charge in [-0.2, -0.15) is 4.89 Å². The molecule has 1 aromatic carbocycles. The van der Waals surface area contributed by atoms with E-state index in [4.69, 9.17) is 14.5 Å². The van der Waals surface area contributed by atoms with Crippen LogP contribution in [-0.2, 0) is 20.3 Å². The molecule has 1 heterocycles. The molecule has 4 rings (SSSR count). The van der Waals surface area contributed by atoms with E-state index in [1.54, 1.807) is 7.11 Å². The first-order chi connectivity index (χ1) is 9.20. The molecule has 0 aromatic heterocycles. The Morgan fingerprint density at radius 3 is 2.68 bits per heavy atom. The van der Waals surface area contributed by atoms with Crippen molar-refractivity contribution in [3.8, 4) is 0 Å². The molecule has 3 fully saturated rings. The molecule has 3 heteroatoms. The van der Waals surface area contributed by atoms with Crippen LogP contribution in [0.3, 0.4) is 0 Å². The summed E-state index contributed by atoms with van der Waals surface area (Å²) >= 11 is 0. The van der Waals surface area contributed by atoms with Gasteiger partial charge in [0.1, 0.15) is 0 Å². The monoisotopic (exact) mass is 260 g/mol. The molecule has 1 aromatic rings. The molecular weight excluding hydrogens is 240 g/mol. The number of benzene rings is 1. The van der Waals surface area contributed by atoms with Crippen molar-refractivity contribution < 1.29 is 14.5 Å². The average Bonchev–Trinajstić information content (AvgIpc) is 3.00. The van der Waals surface area contributed by atoms with Crippen molar-refractivity contribution in [2.45, 2.75) is 44.0 Å². The molecule has 3 nitrogen and oxygen atoms in total. The van der Waals surface area contributed by atoms with Crippen LogP contribution in [0.15, 0.2) is 24.3 Å². The summed E-state index contributed by atoms with van der Waals surface area (Å²) in [5.41, 5.74) is 2.06. The average molecular weight is 260 g/mol. The van der Waals surface area contributed by atoms with Crippen molar-refractivity contribution in [2.24, 2.45) is 11.8 Å². The zero-order chi connectivity index (χ0) is 13.1. The second-order valence-corrected chi connectivity index (χ2v) is 6.33. The molecule has 1 spiro atoms. The smallest absolute Gasteiger partial charge is 0.260 e. The van der Waals surface area contributed by atoms with Crippen LogP contribution in [0.2, 0.25) is 0 Å². The molecule has 2 saturated carbocycles. The van der Waals surface area contributed by atoms with E-state index in [0.29, 0.717) is 5.92 Å². The highest BCUT2D eigenvalue weighted by Gasteiger charge is 2.73. The maximum absolute atomic E-state index is 5.86. The van der Waals surface area contributed by atoms with Gasteiger partial charge in [-0.1, -0.05) is 29.8 Å². The number of hydrogen-bond acceptors (Lipinski definition) is 3. The van der Waals surface area contributed by atoms with Gasteiger partial charge in [-0.05, 0) is 44.4 Å². The third-order valence-corrected chi connectivity index (χ3v) is 5.34. The molecule has 1 saturated heterocycles. The van der Waals surface area contributed by atoms with E-state index in [9.17, 15) is 0 Å². The minimum absolute atomic E-state index is 0.252. The van der Waals surface area contributed by atoms with Gasteiger partial charge in [0.05, 0.1) is 0 Å². The fourth-order valence-electron chi connectivity index (χ4n) is 4.48. The lowest BCUT2D eigenvalue weighted by Gasteiger charge is -2.57. The third kappa shape index (κ3) is 1.33. The maximum Gasteiger partial charge on any atom is 0.260 e. The first-order valence-corrected chi connectivity index (χ1v) is 7.19. The van der Waals surface area contributed by atoms with Crippen LogP contribution in [0.25, 0.3) is 0 Å². The van der Waals surface area contributed by atoms with Crippen molar-refractivity contribution in [3.63, 3.8) is 0 Å². The largest absolute Gasteiger partial charge is 0.345 e. The van der Waals surface area contributed by atoms with Crippen LogP contribution in [0.4, 0.5) is 0 Å². The number of ether oxygens (including phenoxy) is 1. The van der Waals surface area contributed by atoms with Crippen molar-refractivity contribution >= 4 is 0 Å². The van der Waals surface area contributed by atoms with Crippen LogP contribution >= 0.6 is 0 Å². The van der Waals surface area contributed by atoms with Gasteiger partial charge < -0.3 is 4.74 Å². The molecule has 4 atom stereocenters. The lowest BCUT2D eigenvalue weighted by molar-refractivity contribution is -0.626. The number of aryl methyl sites for hydroxylation is 1. The van der Waals surface area contributed by atoms with Crippen LogP contribution in [0, 0.1) is 18.8 Å². The van der Waals surface area contributed by atoms with E-state index < -0.39 is 5.79 Å². The molecule has 0 N–H and O–H groups in total. The molecule has 1 aliphatic heterocycles. The quantitative estimate of drug-likeness (QED) is 0.763. The Kier molecular flexibility index (Phi) is 2.39. The highest BCUT2D eigenvalue weighted by atomic mass is 17.3. The molecule has 2 aliphatic carbocycles. The second-order valence-electron chi connectivity index (χ2n) is 6.33. The van der Waals surface area contributed by atoms with E-state index >= 15 is 0 Å². The minimum Gasteiger partial charge on any atom is -0.345 e. The Morgan fingerprint density at radius 1 is 1.26 bits per heavy atom. The maximum atomic E-state index is 5.86. The summed E-state index contributed by atoms with van der Waals surface area (Å²) in [5.74, 6) is 0.665. The Morgan fingerprint density at radius 2 is 2.16 bits per heavy atom. The van der Waals surface area contributed by atoms with E-state index in [2.05, 4.69) is 31.2 Å². The number of methoxy groups -OCH3 is 1. The molecule has 19 heavy (non-hydrogen) atoms. The summed E-state index contributed by atoms with van der Waals surface area (Å²) in [6.07, 6.45) is 4.91. The van der Waals surface area contributed by atoms with Crippen molar-refractivity contribution in [1.29, 1.82) is 0 Å². The van der Waals surface area contributed by atoms with Crippen molar-refractivity contribution in [2.75, 3.05) is 7.11 Å². The predicted molar refractivity (Wildman–Crippen MR) is 70.2 cm³/mol. The van der Waals surface area contributed by atoms with Gasteiger partial charge in [-0.25, -0.2) is 4.89 Å². The fraction of sp³-hybridized carbons (Fsp3) is 0.625. The predicted octanol–water partition coefficient (Wildman–Crippen LogP) is 3.31. The lowest BCUT2D eigenvalue weighted by Crippen LogP contribution is -2.68. The molecular formula is C16H20O3. The van der Waals surface area contributed by atoms with E-state index in [-0.39, 0.29) is 5.60 Å². The summed E-state index contributed by atoms with van der Waals surface area (Å²) in [6, 6.07) is 8.40. The molecule has 102 valence electrons. The van der Waals surface area contributed by atoms with Gasteiger partial charge in [0.2, 0.25) is 0 Å². The summed E-state index contributed by atoms with van der Waals surface area (Å²) < 4.78 is 5.86. The van der Waals surface area contributed by atoms with Crippen LogP contribution in [0.1, 0.15) is 36.8 Å². The number of fused-ring (bicyclic) bond motifs is 3. The van der Waals surface area contributed by atoms with Gasteiger partial charge in [0.25, 0.3) is 5.79 Å². The zero-order valence-corrected chi connectivity index (χ0v) is 11.5. The highest BCUT2D eigenvalue weighted by molar-refractivity contribution is 5.32. The van der Waals surface area contributed by atoms with Crippen molar-refractivity contribution in [3.05, 3.63) is 35.4 Å². The molecule has 3 aliphatic rings. The van der Waals surface area contributed by atoms with E-state index in [1.165, 1.54) is 24.8 Å². The second kappa shape index (κ2) is 3.81. The zero-order valence-electron chi connectivity index (χ0n) is 11.5. The lowest BCUT2D eigenvalue weighted by atomic mass is 9.73. The highest BCUT2D eigenvalue weighted by Crippen LogP contribution is 2.65. The van der Waals surface area contributed by atoms with Crippen molar-refractivity contribution in [1.82, 2.24) is 0 Å². The topological polar surface area (TPSA) is 27.7 Å². The Labute approximate surface area is 113 Å². The summed E-state index contributed by atoms with van der Waals surface area (Å²) in [4.78, 5) is 11.3. The molecule has 2 bridgehead atoms. The molecule has 0 amide bonds. The Hall–Kier alpha value is -0.900. The number of hydrogen-bond donors (Lipinski definition) is 0. The van der Waals surface area contributed by atoms with Crippen LogP contribution in [-0.4, -0.2) is 12.7 Å². The van der Waals surface area contributed by atoms with Gasteiger partial charge in [-0.15, -0.1) is 0 Å². The molecule has 4 unspecified atom stereocenters. The Bertz CT molecular complexity index is 510. The van der Waals surface area contributed by atoms with E-state index in [0.717, 1.165) is 17.9 Å².